The van der Waals surface area contributed by atoms with Crippen molar-refractivity contribution in [3.63, 3.8) is 0 Å². The molecule has 0 radical (unpaired) electrons. The van der Waals surface area contributed by atoms with Crippen molar-refractivity contribution in [2.24, 2.45) is 0 Å². The first-order valence-corrected chi connectivity index (χ1v) is 14.5. The van der Waals surface area contributed by atoms with E-state index in [9.17, 15) is 9.59 Å². The lowest BCUT2D eigenvalue weighted by Gasteiger charge is -2.14. The molecule has 43 heavy (non-hydrogen) atoms. The number of urea groups is 1. The van der Waals surface area contributed by atoms with Gasteiger partial charge in [-0.15, -0.1) is 0 Å². The number of aryl methyl sites for hydroxylation is 3. The Kier molecular flexibility index (Phi) is 7.32. The van der Waals surface area contributed by atoms with Crippen LogP contribution in [0, 0.1) is 6.92 Å². The van der Waals surface area contributed by atoms with Crippen LogP contribution in [-0.4, -0.2) is 21.6 Å². The predicted octanol–water partition coefficient (Wildman–Crippen LogP) is 8.20. The van der Waals surface area contributed by atoms with Gasteiger partial charge in [-0.05, 0) is 79.4 Å². The topological polar surface area (TPSA) is 88.1 Å². The maximum absolute atomic E-state index is 13.2. The number of amides is 2. The third kappa shape index (κ3) is 6.06. The molecule has 1 aromatic heterocycles. The number of nitrogens with one attached hydrogen (secondary N) is 3. The number of ketones is 1. The summed E-state index contributed by atoms with van der Waals surface area (Å²) in [6.07, 6.45) is 1.62. The van der Waals surface area contributed by atoms with E-state index in [0.717, 1.165) is 63.4 Å². The van der Waals surface area contributed by atoms with Crippen LogP contribution in [0.5, 0.6) is 0 Å². The molecule has 7 nitrogen and oxygen atoms in total. The van der Waals surface area contributed by atoms with Crippen molar-refractivity contribution in [2.75, 3.05) is 16.0 Å². The summed E-state index contributed by atoms with van der Waals surface area (Å²) >= 11 is 0. The van der Waals surface area contributed by atoms with Crippen molar-refractivity contribution in [2.45, 2.75) is 46.0 Å². The number of hydrogen-bond acceptors (Lipinski definition) is 4. The molecule has 0 saturated carbocycles. The Morgan fingerprint density at radius 2 is 1.44 bits per heavy atom. The molecule has 0 bridgehead atoms. The van der Waals surface area contributed by atoms with Gasteiger partial charge in [-0.25, -0.2) is 9.48 Å². The van der Waals surface area contributed by atoms with E-state index in [4.69, 9.17) is 5.10 Å². The van der Waals surface area contributed by atoms with Gasteiger partial charge in [0.25, 0.3) is 0 Å². The van der Waals surface area contributed by atoms with Crippen LogP contribution < -0.4 is 16.0 Å². The van der Waals surface area contributed by atoms with Crippen LogP contribution in [-0.2, 0) is 18.3 Å². The fraction of sp³-hybridized carbons (Fsp3) is 0.194. The van der Waals surface area contributed by atoms with Crippen LogP contribution in [0.4, 0.5) is 27.7 Å². The van der Waals surface area contributed by atoms with Crippen LogP contribution in [0.25, 0.3) is 5.69 Å². The van der Waals surface area contributed by atoms with Gasteiger partial charge < -0.3 is 10.6 Å². The zero-order chi connectivity index (χ0) is 30.1. The number of nitrogens with zero attached hydrogens (tertiary/aromatic N) is 2. The molecule has 1 aliphatic rings. The highest BCUT2D eigenvalue weighted by molar-refractivity contribution is 6.11. The summed E-state index contributed by atoms with van der Waals surface area (Å²) in [5, 5.41) is 14.2. The number of aromatic nitrogens is 2. The highest BCUT2D eigenvalue weighted by Crippen LogP contribution is 2.29. The lowest BCUT2D eigenvalue weighted by molar-refractivity contribution is 0.103. The van der Waals surface area contributed by atoms with E-state index in [1.807, 2.05) is 104 Å². The van der Waals surface area contributed by atoms with Gasteiger partial charge in [0.2, 0.25) is 0 Å². The second-order valence-corrected chi connectivity index (χ2v) is 12.1. The molecule has 6 rings (SSSR count). The molecule has 7 heteroatoms. The Hall–Kier alpha value is -5.17. The third-order valence-corrected chi connectivity index (χ3v) is 7.68. The van der Waals surface area contributed by atoms with E-state index in [0.29, 0.717) is 11.5 Å². The largest absolute Gasteiger partial charge is 0.355 e. The molecule has 3 N–H and O–H groups in total. The number of benzene rings is 4. The average molecular weight is 570 g/mol. The van der Waals surface area contributed by atoms with Crippen molar-refractivity contribution < 1.29 is 9.59 Å². The van der Waals surface area contributed by atoms with Gasteiger partial charge in [0.05, 0.1) is 11.4 Å². The summed E-state index contributed by atoms with van der Waals surface area (Å²) in [6, 6.07) is 30.9. The number of carbonyl (C=O) groups is 2. The van der Waals surface area contributed by atoms with Gasteiger partial charge in [0, 0.05) is 39.7 Å². The molecule has 0 unspecified atom stereocenters. The van der Waals surface area contributed by atoms with Gasteiger partial charge >= 0.3 is 6.03 Å². The monoisotopic (exact) mass is 569 g/mol. The van der Waals surface area contributed by atoms with Gasteiger partial charge in [-0.1, -0.05) is 68.8 Å². The fourth-order valence-electron chi connectivity index (χ4n) is 5.31. The Bertz CT molecular complexity index is 1830. The van der Waals surface area contributed by atoms with Gasteiger partial charge in [-0.2, -0.15) is 5.10 Å². The predicted molar refractivity (Wildman–Crippen MR) is 173 cm³/mol. The zero-order valence-corrected chi connectivity index (χ0v) is 24.9. The average Bonchev–Trinajstić information content (AvgIpc) is 3.35. The summed E-state index contributed by atoms with van der Waals surface area (Å²) in [5.74, 6) is 0.660. The molecule has 2 amide bonds. The van der Waals surface area contributed by atoms with Crippen LogP contribution in [0.2, 0.25) is 0 Å². The summed E-state index contributed by atoms with van der Waals surface area (Å²) in [7, 11) is 0. The van der Waals surface area contributed by atoms with Gasteiger partial charge in [0.1, 0.15) is 5.82 Å². The number of carbonyl (C=O) groups excluding carboxylic acids is 2. The minimum atomic E-state index is -0.367. The summed E-state index contributed by atoms with van der Waals surface area (Å²) in [6.45, 7) is 8.32. The Morgan fingerprint density at radius 3 is 2.23 bits per heavy atom. The van der Waals surface area contributed by atoms with E-state index in [2.05, 4.69) is 36.7 Å². The number of rotatable bonds is 5. The third-order valence-electron chi connectivity index (χ3n) is 7.68. The smallest absolute Gasteiger partial charge is 0.324 e. The van der Waals surface area contributed by atoms with Crippen molar-refractivity contribution in [3.8, 4) is 5.69 Å². The number of fused-ring (bicyclic) bond motifs is 2. The minimum absolute atomic E-state index is 0.0743. The summed E-state index contributed by atoms with van der Waals surface area (Å²) in [4.78, 5) is 26.3. The molecule has 0 saturated heterocycles. The first-order valence-electron chi connectivity index (χ1n) is 14.5. The number of anilines is 4. The van der Waals surface area contributed by atoms with Crippen LogP contribution in [0.15, 0.2) is 97.1 Å². The molecule has 0 atom stereocenters. The first-order chi connectivity index (χ1) is 20.6. The molecule has 1 aliphatic carbocycles. The van der Waals surface area contributed by atoms with Crippen LogP contribution in [0.3, 0.4) is 0 Å². The maximum atomic E-state index is 13.2. The highest BCUT2D eigenvalue weighted by atomic mass is 16.2. The van der Waals surface area contributed by atoms with Crippen LogP contribution >= 0.6 is 0 Å². The molecule has 0 aliphatic heterocycles. The molecule has 5 aromatic rings. The normalized spacial score (nSPS) is 12.6. The molecule has 0 fully saturated rings. The van der Waals surface area contributed by atoms with Crippen molar-refractivity contribution >= 4 is 34.7 Å². The van der Waals surface area contributed by atoms with Crippen molar-refractivity contribution in [1.29, 1.82) is 0 Å². The van der Waals surface area contributed by atoms with E-state index in [-0.39, 0.29) is 17.2 Å². The van der Waals surface area contributed by atoms with E-state index < -0.39 is 0 Å². The first kappa shape index (κ1) is 28.0. The van der Waals surface area contributed by atoms with Crippen LogP contribution in [0.1, 0.15) is 59.1 Å². The maximum Gasteiger partial charge on any atom is 0.324 e. The second-order valence-electron chi connectivity index (χ2n) is 12.1. The Morgan fingerprint density at radius 1 is 0.744 bits per heavy atom. The lowest BCUT2D eigenvalue weighted by atomic mass is 9.92. The Labute approximate surface area is 252 Å². The molecule has 1 heterocycles. The quantitative estimate of drug-likeness (QED) is 0.199. The SMILES string of the molecule is Cc1ccc(-n2nc(C(C)(C)C)cc2NC(=O)Nc2cccc(Nc3ccc4c(c3)CCc3ccccc3C4=O)c2)cc1. The van der Waals surface area contributed by atoms with E-state index >= 15 is 0 Å². The lowest BCUT2D eigenvalue weighted by Crippen LogP contribution is -2.21. The van der Waals surface area contributed by atoms with E-state index in [1.165, 1.54) is 0 Å². The van der Waals surface area contributed by atoms with Crippen molar-refractivity contribution in [3.05, 3.63) is 131 Å². The van der Waals surface area contributed by atoms with Crippen molar-refractivity contribution in [1.82, 2.24) is 9.78 Å². The van der Waals surface area contributed by atoms with E-state index in [1.54, 1.807) is 4.68 Å². The minimum Gasteiger partial charge on any atom is -0.355 e. The van der Waals surface area contributed by atoms with Gasteiger partial charge in [0.15, 0.2) is 5.78 Å². The molecular formula is C36H35N5O2. The molecule has 216 valence electrons. The molecule has 0 spiro atoms. The molecular weight excluding hydrogens is 534 g/mol. The van der Waals surface area contributed by atoms with Gasteiger partial charge in [-0.3, -0.25) is 10.1 Å². The standard InChI is InChI=1S/C36H35N5O2/c1-23-12-17-29(18-13-23)41-33(22-32(40-41)36(2,3)4)39-35(43)38-27-10-7-9-26(21-27)37-28-16-19-31-25(20-28)15-14-24-8-5-6-11-30(24)34(31)42/h5-13,16-22,37H,14-15H2,1-4H3,(H2,38,39,43). The second kappa shape index (κ2) is 11.2. The Balaban J connectivity index is 1.17. The summed E-state index contributed by atoms with van der Waals surface area (Å²) in [5.41, 5.74) is 8.71. The zero-order valence-electron chi connectivity index (χ0n) is 24.9. The fourth-order valence-corrected chi connectivity index (χ4v) is 5.31. The number of hydrogen-bond donors (Lipinski definition) is 3. The highest BCUT2D eigenvalue weighted by Gasteiger charge is 2.22. The molecule has 4 aromatic carbocycles. The summed E-state index contributed by atoms with van der Waals surface area (Å²) < 4.78 is 1.76.